The molecule has 1 saturated carbocycles. The summed E-state index contributed by atoms with van der Waals surface area (Å²) in [7, 11) is -3.36. The molecule has 0 radical (unpaired) electrons. The highest BCUT2D eigenvalue weighted by Gasteiger charge is 2.21. The summed E-state index contributed by atoms with van der Waals surface area (Å²) in [5, 5.41) is 1.67. The fraction of sp³-hybridized carbons (Fsp3) is 0.667. The normalized spacial score (nSPS) is 18.7. The predicted molar refractivity (Wildman–Crippen MR) is 74.0 cm³/mol. The molecule has 0 unspecified atom stereocenters. The molecule has 2 rings (SSSR count). The van der Waals surface area contributed by atoms with Crippen molar-refractivity contribution in [3.63, 3.8) is 0 Å². The maximum atomic E-state index is 12.2. The molecule has 1 aromatic heterocycles. The van der Waals surface area contributed by atoms with Crippen LogP contribution in [0.2, 0.25) is 0 Å². The number of nitrogens with two attached hydrogens (primary N) is 1. The minimum absolute atomic E-state index is 0.0960. The van der Waals surface area contributed by atoms with Gasteiger partial charge in [0.2, 0.25) is 10.0 Å². The van der Waals surface area contributed by atoms with Crippen molar-refractivity contribution >= 4 is 21.4 Å². The van der Waals surface area contributed by atoms with Crippen LogP contribution in [0.4, 0.5) is 0 Å². The van der Waals surface area contributed by atoms with Gasteiger partial charge < -0.3 is 5.73 Å². The van der Waals surface area contributed by atoms with Crippen molar-refractivity contribution < 1.29 is 8.42 Å². The van der Waals surface area contributed by atoms with E-state index in [1.807, 2.05) is 0 Å². The lowest BCUT2D eigenvalue weighted by molar-refractivity contribution is 0.510. The largest absolute Gasteiger partial charge is 0.326 e. The molecule has 1 aromatic rings. The van der Waals surface area contributed by atoms with Gasteiger partial charge in [-0.05, 0) is 18.9 Å². The molecule has 0 bridgehead atoms. The van der Waals surface area contributed by atoms with Crippen molar-refractivity contribution in [3.8, 4) is 0 Å². The monoisotopic (exact) mass is 288 g/mol. The number of thiophene rings is 1. The molecular weight excluding hydrogens is 268 g/mol. The van der Waals surface area contributed by atoms with Crippen LogP contribution in [0.3, 0.4) is 0 Å². The number of sulfonamides is 1. The Kier molecular flexibility index (Phi) is 4.77. The third-order valence-electron chi connectivity index (χ3n) is 3.32. The Morgan fingerprint density at radius 1 is 1.28 bits per heavy atom. The molecule has 1 aliphatic rings. The maximum Gasteiger partial charge on any atom is 0.241 e. The fourth-order valence-electron chi connectivity index (χ4n) is 2.29. The highest BCUT2D eigenvalue weighted by atomic mass is 32.2. The average molecular weight is 288 g/mol. The first-order valence-corrected chi connectivity index (χ1v) is 8.78. The second kappa shape index (κ2) is 6.14. The SMILES string of the molecule is NCc1cc(S(=O)(=O)NC2CCCCCC2)cs1. The maximum absolute atomic E-state index is 12.2. The lowest BCUT2D eigenvalue weighted by atomic mass is 10.1. The van der Waals surface area contributed by atoms with Gasteiger partial charge in [0.25, 0.3) is 0 Å². The molecule has 0 spiro atoms. The fourth-order valence-corrected chi connectivity index (χ4v) is 4.75. The first kappa shape index (κ1) is 14.0. The van der Waals surface area contributed by atoms with Crippen LogP contribution < -0.4 is 10.5 Å². The van der Waals surface area contributed by atoms with Crippen molar-refractivity contribution in [2.45, 2.75) is 56.0 Å². The highest BCUT2D eigenvalue weighted by molar-refractivity contribution is 7.89. The summed E-state index contributed by atoms with van der Waals surface area (Å²) in [6.45, 7) is 0.392. The van der Waals surface area contributed by atoms with Crippen LogP contribution in [0.15, 0.2) is 16.3 Å². The van der Waals surface area contributed by atoms with Crippen LogP contribution in [-0.4, -0.2) is 14.5 Å². The quantitative estimate of drug-likeness (QED) is 0.834. The van der Waals surface area contributed by atoms with E-state index in [0.29, 0.717) is 11.4 Å². The Morgan fingerprint density at radius 3 is 2.50 bits per heavy atom. The van der Waals surface area contributed by atoms with Crippen molar-refractivity contribution in [1.82, 2.24) is 4.72 Å². The molecule has 1 aliphatic carbocycles. The van der Waals surface area contributed by atoms with Crippen molar-refractivity contribution in [2.75, 3.05) is 0 Å². The Labute approximate surface area is 113 Å². The average Bonchev–Trinajstić information content (AvgIpc) is 2.70. The topological polar surface area (TPSA) is 72.2 Å². The summed E-state index contributed by atoms with van der Waals surface area (Å²) >= 11 is 1.40. The van der Waals surface area contributed by atoms with Gasteiger partial charge in [0.05, 0.1) is 4.90 Å². The van der Waals surface area contributed by atoms with Crippen LogP contribution >= 0.6 is 11.3 Å². The van der Waals surface area contributed by atoms with Gasteiger partial charge in [-0.3, -0.25) is 0 Å². The molecule has 0 aliphatic heterocycles. The summed E-state index contributed by atoms with van der Waals surface area (Å²) < 4.78 is 27.2. The minimum Gasteiger partial charge on any atom is -0.326 e. The van der Waals surface area contributed by atoms with Gasteiger partial charge >= 0.3 is 0 Å². The Hall–Kier alpha value is -0.430. The van der Waals surface area contributed by atoms with E-state index in [9.17, 15) is 8.42 Å². The van der Waals surface area contributed by atoms with E-state index in [0.717, 1.165) is 30.6 Å². The Bertz CT molecular complexity index is 474. The first-order chi connectivity index (χ1) is 8.62. The van der Waals surface area contributed by atoms with Gasteiger partial charge in [-0.25, -0.2) is 13.1 Å². The number of hydrogen-bond donors (Lipinski definition) is 2. The van der Waals surface area contributed by atoms with E-state index >= 15 is 0 Å². The summed E-state index contributed by atoms with van der Waals surface area (Å²) in [5.74, 6) is 0. The van der Waals surface area contributed by atoms with Gasteiger partial charge in [-0.2, -0.15) is 0 Å². The van der Waals surface area contributed by atoms with Gasteiger partial charge in [-0.1, -0.05) is 25.7 Å². The number of rotatable bonds is 4. The Balaban J connectivity index is 2.06. The van der Waals surface area contributed by atoms with E-state index in [2.05, 4.69) is 4.72 Å². The van der Waals surface area contributed by atoms with Crippen LogP contribution in [0.1, 0.15) is 43.4 Å². The van der Waals surface area contributed by atoms with Gasteiger partial charge in [-0.15, -0.1) is 11.3 Å². The van der Waals surface area contributed by atoms with Crippen molar-refractivity contribution in [2.24, 2.45) is 5.73 Å². The third-order valence-corrected chi connectivity index (χ3v) is 5.93. The number of nitrogens with one attached hydrogen (secondary N) is 1. The molecular formula is C12H20N2O2S2. The van der Waals surface area contributed by atoms with Gasteiger partial charge in [0, 0.05) is 22.8 Å². The summed E-state index contributed by atoms with van der Waals surface area (Å²) in [5.41, 5.74) is 5.51. The predicted octanol–water partition coefficient (Wildman–Crippen LogP) is 2.21. The van der Waals surface area contributed by atoms with E-state index in [4.69, 9.17) is 5.73 Å². The molecule has 1 heterocycles. The minimum atomic E-state index is -3.36. The molecule has 3 N–H and O–H groups in total. The molecule has 6 heteroatoms. The molecule has 0 atom stereocenters. The van der Waals surface area contributed by atoms with E-state index in [-0.39, 0.29) is 6.04 Å². The van der Waals surface area contributed by atoms with Crippen LogP contribution in [0.5, 0.6) is 0 Å². The lowest BCUT2D eigenvalue weighted by Crippen LogP contribution is -2.34. The second-order valence-electron chi connectivity index (χ2n) is 4.76. The summed E-state index contributed by atoms with van der Waals surface area (Å²) in [6.07, 6.45) is 6.57. The zero-order valence-corrected chi connectivity index (χ0v) is 12.0. The standard InChI is InChI=1S/C12H20N2O2S2/c13-8-11-7-12(9-17-11)18(15,16)14-10-5-3-1-2-4-6-10/h7,9-10,14H,1-6,8,13H2. The molecule has 0 amide bonds. The third kappa shape index (κ3) is 3.54. The molecule has 102 valence electrons. The van der Waals surface area contributed by atoms with Crippen LogP contribution in [0, 0.1) is 0 Å². The van der Waals surface area contributed by atoms with Crippen LogP contribution in [0.25, 0.3) is 0 Å². The summed E-state index contributed by atoms with van der Waals surface area (Å²) in [4.78, 5) is 1.26. The lowest BCUT2D eigenvalue weighted by Gasteiger charge is -2.15. The molecule has 18 heavy (non-hydrogen) atoms. The first-order valence-electron chi connectivity index (χ1n) is 6.41. The van der Waals surface area contributed by atoms with E-state index in [1.54, 1.807) is 11.4 Å². The molecule has 0 saturated heterocycles. The highest BCUT2D eigenvalue weighted by Crippen LogP contribution is 2.22. The van der Waals surface area contributed by atoms with Crippen molar-refractivity contribution in [1.29, 1.82) is 0 Å². The van der Waals surface area contributed by atoms with Gasteiger partial charge in [0.1, 0.15) is 0 Å². The number of hydrogen-bond acceptors (Lipinski definition) is 4. The molecule has 0 aromatic carbocycles. The van der Waals surface area contributed by atoms with Crippen molar-refractivity contribution in [3.05, 3.63) is 16.3 Å². The Morgan fingerprint density at radius 2 is 1.94 bits per heavy atom. The van der Waals surface area contributed by atoms with Crippen LogP contribution in [-0.2, 0) is 16.6 Å². The second-order valence-corrected chi connectivity index (χ2v) is 7.47. The van der Waals surface area contributed by atoms with E-state index < -0.39 is 10.0 Å². The smallest absolute Gasteiger partial charge is 0.241 e. The van der Waals surface area contributed by atoms with Gasteiger partial charge in [0.15, 0.2) is 0 Å². The molecule has 4 nitrogen and oxygen atoms in total. The zero-order chi connectivity index (χ0) is 13.0. The van der Waals surface area contributed by atoms with E-state index in [1.165, 1.54) is 24.2 Å². The zero-order valence-electron chi connectivity index (χ0n) is 10.4. The molecule has 1 fully saturated rings. The summed E-state index contributed by atoms with van der Waals surface area (Å²) in [6, 6.07) is 1.77.